The lowest BCUT2D eigenvalue weighted by Gasteiger charge is -2.23. The van der Waals surface area contributed by atoms with Gasteiger partial charge in [0.2, 0.25) is 5.91 Å². The van der Waals surface area contributed by atoms with Crippen LogP contribution in [-0.2, 0) is 9.53 Å². The van der Waals surface area contributed by atoms with Gasteiger partial charge in [-0.1, -0.05) is 23.8 Å². The second-order valence-electron chi connectivity index (χ2n) is 7.26. The minimum Gasteiger partial charge on any atom is -0.371 e. The molecular weight excluding hydrogens is 314 g/mol. The number of imidazole rings is 1. The standard InChI is InChI=1S/C20H25N3O2/c1-14-4-2-5-16(10-14)17-11-21-20(22-17)18-6-3-9-23(18)19(24)13-25-12-15-7-8-15/h2,4-5,10-11,15,18H,3,6-9,12-13H2,1H3,(H,21,22)/t18-/m1/s1. The van der Waals surface area contributed by atoms with E-state index in [0.717, 1.165) is 43.1 Å². The first-order chi connectivity index (χ1) is 12.2. The number of hydrogen-bond acceptors (Lipinski definition) is 3. The Morgan fingerprint density at radius 2 is 2.24 bits per heavy atom. The van der Waals surface area contributed by atoms with Crippen LogP contribution in [0.2, 0.25) is 0 Å². The molecule has 2 aliphatic rings. The van der Waals surface area contributed by atoms with Crippen molar-refractivity contribution in [3.05, 3.63) is 41.9 Å². The van der Waals surface area contributed by atoms with Crippen molar-refractivity contribution >= 4 is 5.91 Å². The van der Waals surface area contributed by atoms with Crippen molar-refractivity contribution in [1.82, 2.24) is 14.9 Å². The van der Waals surface area contributed by atoms with Gasteiger partial charge in [0.25, 0.3) is 0 Å². The predicted octanol–water partition coefficient (Wildman–Crippen LogP) is 3.48. The van der Waals surface area contributed by atoms with Gasteiger partial charge in [-0.15, -0.1) is 0 Å². The number of nitrogens with zero attached hydrogens (tertiary/aromatic N) is 2. The summed E-state index contributed by atoms with van der Waals surface area (Å²) >= 11 is 0. The zero-order valence-electron chi connectivity index (χ0n) is 14.7. The van der Waals surface area contributed by atoms with Crippen molar-refractivity contribution in [3.63, 3.8) is 0 Å². The highest BCUT2D eigenvalue weighted by Gasteiger charge is 2.32. The van der Waals surface area contributed by atoms with Gasteiger partial charge in [-0.2, -0.15) is 0 Å². The average Bonchev–Trinajstić information content (AvgIpc) is 3.12. The van der Waals surface area contributed by atoms with E-state index in [-0.39, 0.29) is 18.6 Å². The number of aromatic nitrogens is 2. The maximum absolute atomic E-state index is 12.5. The van der Waals surface area contributed by atoms with Gasteiger partial charge < -0.3 is 14.6 Å². The fourth-order valence-corrected chi connectivity index (χ4v) is 3.50. The summed E-state index contributed by atoms with van der Waals surface area (Å²) in [6, 6.07) is 8.39. The van der Waals surface area contributed by atoms with Crippen LogP contribution in [-0.4, -0.2) is 40.5 Å². The summed E-state index contributed by atoms with van der Waals surface area (Å²) in [6.45, 7) is 3.79. The summed E-state index contributed by atoms with van der Waals surface area (Å²) in [5, 5.41) is 0. The van der Waals surface area contributed by atoms with Crippen molar-refractivity contribution in [2.24, 2.45) is 5.92 Å². The highest BCUT2D eigenvalue weighted by atomic mass is 16.5. The van der Waals surface area contributed by atoms with E-state index in [2.05, 4.69) is 35.1 Å². The Hall–Kier alpha value is -2.14. The SMILES string of the molecule is Cc1cccc(-c2cnc([C@H]3CCCN3C(=O)COCC3CC3)[nH]2)c1. The van der Waals surface area contributed by atoms with E-state index in [1.54, 1.807) is 0 Å². The molecule has 1 saturated heterocycles. The number of nitrogens with one attached hydrogen (secondary N) is 1. The molecule has 1 atom stereocenters. The second kappa shape index (κ2) is 7.00. The largest absolute Gasteiger partial charge is 0.371 e. The number of benzene rings is 1. The third kappa shape index (κ3) is 3.76. The highest BCUT2D eigenvalue weighted by Crippen LogP contribution is 2.32. The van der Waals surface area contributed by atoms with Crippen LogP contribution >= 0.6 is 0 Å². The van der Waals surface area contributed by atoms with E-state index in [0.29, 0.717) is 5.92 Å². The molecule has 1 aromatic heterocycles. The molecule has 132 valence electrons. The molecule has 0 unspecified atom stereocenters. The Balaban J connectivity index is 1.44. The first kappa shape index (κ1) is 16.3. The molecule has 1 aromatic carbocycles. The molecule has 1 N–H and O–H groups in total. The van der Waals surface area contributed by atoms with Crippen molar-refractivity contribution < 1.29 is 9.53 Å². The first-order valence-electron chi connectivity index (χ1n) is 9.20. The molecule has 1 saturated carbocycles. The summed E-state index contributed by atoms with van der Waals surface area (Å²) in [5.74, 6) is 1.64. The van der Waals surface area contributed by atoms with Gasteiger partial charge in [-0.25, -0.2) is 4.98 Å². The molecule has 25 heavy (non-hydrogen) atoms. The Kier molecular flexibility index (Phi) is 4.57. The molecule has 1 aliphatic carbocycles. The number of rotatable bonds is 6. The fraction of sp³-hybridized carbons (Fsp3) is 0.500. The normalized spacial score (nSPS) is 20.2. The summed E-state index contributed by atoms with van der Waals surface area (Å²) in [7, 11) is 0. The number of carbonyl (C=O) groups excluding carboxylic acids is 1. The van der Waals surface area contributed by atoms with Gasteiger partial charge in [0.05, 0.1) is 24.5 Å². The first-order valence-corrected chi connectivity index (χ1v) is 9.20. The number of carbonyl (C=O) groups is 1. The lowest BCUT2D eigenvalue weighted by molar-refractivity contribution is -0.137. The Morgan fingerprint density at radius 3 is 3.04 bits per heavy atom. The molecule has 0 radical (unpaired) electrons. The number of aryl methyl sites for hydroxylation is 1. The summed E-state index contributed by atoms with van der Waals surface area (Å²) < 4.78 is 5.58. The molecule has 4 rings (SSSR count). The van der Waals surface area contributed by atoms with Crippen LogP contribution in [0.4, 0.5) is 0 Å². The molecule has 2 heterocycles. The fourth-order valence-electron chi connectivity index (χ4n) is 3.50. The number of H-pyrrole nitrogens is 1. The van der Waals surface area contributed by atoms with Crippen LogP contribution in [0.3, 0.4) is 0 Å². The molecule has 2 aromatic rings. The van der Waals surface area contributed by atoms with E-state index < -0.39 is 0 Å². The van der Waals surface area contributed by atoms with Crippen LogP contribution < -0.4 is 0 Å². The number of aromatic amines is 1. The van der Waals surface area contributed by atoms with E-state index >= 15 is 0 Å². The van der Waals surface area contributed by atoms with E-state index in [1.165, 1.54) is 18.4 Å². The molecule has 0 bridgehead atoms. The Labute approximate surface area is 148 Å². The van der Waals surface area contributed by atoms with Gasteiger partial charge in [0, 0.05) is 6.54 Å². The molecule has 5 nitrogen and oxygen atoms in total. The Bertz CT molecular complexity index is 751. The summed E-state index contributed by atoms with van der Waals surface area (Å²) in [6.07, 6.45) is 6.33. The van der Waals surface area contributed by atoms with E-state index in [4.69, 9.17) is 4.74 Å². The topological polar surface area (TPSA) is 58.2 Å². The van der Waals surface area contributed by atoms with Gasteiger partial charge in [-0.05, 0) is 50.2 Å². The van der Waals surface area contributed by atoms with Gasteiger partial charge in [0.1, 0.15) is 12.4 Å². The van der Waals surface area contributed by atoms with Gasteiger partial charge in [0.15, 0.2) is 0 Å². The predicted molar refractivity (Wildman–Crippen MR) is 96.0 cm³/mol. The smallest absolute Gasteiger partial charge is 0.249 e. The van der Waals surface area contributed by atoms with Gasteiger partial charge >= 0.3 is 0 Å². The quantitative estimate of drug-likeness (QED) is 0.876. The third-order valence-corrected chi connectivity index (χ3v) is 5.09. The van der Waals surface area contributed by atoms with Crippen molar-refractivity contribution in [1.29, 1.82) is 0 Å². The summed E-state index contributed by atoms with van der Waals surface area (Å²) in [4.78, 5) is 22.4. The molecule has 5 heteroatoms. The van der Waals surface area contributed by atoms with Crippen molar-refractivity contribution in [3.8, 4) is 11.3 Å². The zero-order valence-corrected chi connectivity index (χ0v) is 14.7. The molecule has 2 fully saturated rings. The van der Waals surface area contributed by atoms with E-state index in [9.17, 15) is 4.79 Å². The maximum atomic E-state index is 12.5. The van der Waals surface area contributed by atoms with Crippen LogP contribution in [0, 0.1) is 12.8 Å². The zero-order chi connectivity index (χ0) is 17.2. The minimum absolute atomic E-state index is 0.0376. The minimum atomic E-state index is 0.0376. The van der Waals surface area contributed by atoms with Crippen LogP contribution in [0.1, 0.15) is 43.1 Å². The highest BCUT2D eigenvalue weighted by molar-refractivity contribution is 5.78. The lowest BCUT2D eigenvalue weighted by Crippen LogP contribution is -2.34. The second-order valence-corrected chi connectivity index (χ2v) is 7.26. The number of hydrogen-bond donors (Lipinski definition) is 1. The maximum Gasteiger partial charge on any atom is 0.249 e. The Morgan fingerprint density at radius 1 is 1.36 bits per heavy atom. The molecular formula is C20H25N3O2. The lowest BCUT2D eigenvalue weighted by atomic mass is 10.1. The number of amides is 1. The molecule has 1 aliphatic heterocycles. The van der Waals surface area contributed by atoms with E-state index in [1.807, 2.05) is 17.2 Å². The monoisotopic (exact) mass is 339 g/mol. The third-order valence-electron chi connectivity index (χ3n) is 5.09. The molecule has 1 amide bonds. The molecule has 0 spiro atoms. The number of ether oxygens (including phenoxy) is 1. The van der Waals surface area contributed by atoms with Crippen molar-refractivity contribution in [2.45, 2.75) is 38.6 Å². The number of likely N-dealkylation sites (tertiary alicyclic amines) is 1. The van der Waals surface area contributed by atoms with Gasteiger partial charge in [-0.3, -0.25) is 4.79 Å². The summed E-state index contributed by atoms with van der Waals surface area (Å²) in [5.41, 5.74) is 3.35. The van der Waals surface area contributed by atoms with Crippen LogP contribution in [0.15, 0.2) is 30.5 Å². The van der Waals surface area contributed by atoms with Crippen LogP contribution in [0.5, 0.6) is 0 Å². The van der Waals surface area contributed by atoms with Crippen molar-refractivity contribution in [2.75, 3.05) is 19.8 Å². The van der Waals surface area contributed by atoms with Crippen LogP contribution in [0.25, 0.3) is 11.3 Å². The average molecular weight is 339 g/mol.